The molecule has 3 heterocycles. The molecule has 1 saturated heterocycles. The summed E-state index contributed by atoms with van der Waals surface area (Å²) in [5, 5.41) is 9.39. The van der Waals surface area contributed by atoms with Crippen LogP contribution in [0.5, 0.6) is 0 Å². The number of amides is 1. The van der Waals surface area contributed by atoms with Gasteiger partial charge in [-0.3, -0.25) is 14.7 Å². The Morgan fingerprint density at radius 3 is 2.68 bits per heavy atom. The topological polar surface area (TPSA) is 94.8 Å². The SMILES string of the molecule is CN=C(NCCC(=O)Nc1ccc(C)cn1)NCC(c1ccco1)N1CCCCC1.I. The highest BCUT2D eigenvalue weighted by Gasteiger charge is 2.24. The van der Waals surface area contributed by atoms with E-state index < -0.39 is 0 Å². The van der Waals surface area contributed by atoms with Crippen LogP contribution in [-0.4, -0.2) is 55.0 Å². The number of halogens is 1. The first-order valence-corrected chi connectivity index (χ1v) is 10.6. The van der Waals surface area contributed by atoms with E-state index in [2.05, 4.69) is 30.8 Å². The van der Waals surface area contributed by atoms with Gasteiger partial charge in [-0.1, -0.05) is 12.5 Å². The molecule has 2 aromatic rings. The molecule has 0 aromatic carbocycles. The van der Waals surface area contributed by atoms with E-state index in [4.69, 9.17) is 4.42 Å². The molecule has 2 aromatic heterocycles. The van der Waals surface area contributed by atoms with Gasteiger partial charge in [0.2, 0.25) is 5.91 Å². The van der Waals surface area contributed by atoms with Crippen molar-refractivity contribution in [3.8, 4) is 0 Å². The number of nitrogens with one attached hydrogen (secondary N) is 3. The van der Waals surface area contributed by atoms with Crippen molar-refractivity contribution in [2.75, 3.05) is 38.5 Å². The summed E-state index contributed by atoms with van der Waals surface area (Å²) < 4.78 is 5.69. The van der Waals surface area contributed by atoms with Crippen molar-refractivity contribution in [2.24, 2.45) is 4.99 Å². The number of piperidine rings is 1. The number of aromatic nitrogens is 1. The fraction of sp³-hybridized carbons (Fsp3) is 0.500. The first kappa shape index (κ1) is 25.1. The molecule has 1 fully saturated rings. The van der Waals surface area contributed by atoms with E-state index in [0.29, 0.717) is 31.3 Å². The number of guanidine groups is 1. The molecule has 3 N–H and O–H groups in total. The molecule has 1 aliphatic rings. The molecule has 31 heavy (non-hydrogen) atoms. The summed E-state index contributed by atoms with van der Waals surface area (Å²) in [7, 11) is 1.73. The molecule has 1 atom stereocenters. The van der Waals surface area contributed by atoms with E-state index in [-0.39, 0.29) is 35.9 Å². The third-order valence-electron chi connectivity index (χ3n) is 5.21. The largest absolute Gasteiger partial charge is 0.468 e. The van der Waals surface area contributed by atoms with Crippen molar-refractivity contribution in [2.45, 2.75) is 38.6 Å². The quantitative estimate of drug-likeness (QED) is 0.270. The number of aryl methyl sites for hydroxylation is 1. The standard InChI is InChI=1S/C22H32N6O2.HI/c1-17-8-9-20(25-15-17)27-21(29)10-11-24-22(23-2)26-16-18(19-7-6-14-30-19)28-12-4-3-5-13-28;/h6-9,14-15,18H,3-5,10-13,16H2,1-2H3,(H2,23,24,26)(H,25,27,29);1H. The minimum atomic E-state index is -0.0870. The third-order valence-corrected chi connectivity index (χ3v) is 5.21. The van der Waals surface area contributed by atoms with Crippen LogP contribution in [0.2, 0.25) is 0 Å². The predicted molar refractivity (Wildman–Crippen MR) is 134 cm³/mol. The lowest BCUT2D eigenvalue weighted by Crippen LogP contribution is -2.44. The Balaban J connectivity index is 0.00000341. The van der Waals surface area contributed by atoms with Crippen molar-refractivity contribution >= 4 is 41.7 Å². The van der Waals surface area contributed by atoms with Gasteiger partial charge in [-0.15, -0.1) is 24.0 Å². The Hall–Kier alpha value is -2.14. The average molecular weight is 540 g/mol. The third kappa shape index (κ3) is 8.13. The maximum absolute atomic E-state index is 12.1. The highest BCUT2D eigenvalue weighted by atomic mass is 127. The van der Waals surface area contributed by atoms with Crippen molar-refractivity contribution in [3.63, 3.8) is 0 Å². The number of pyridine rings is 1. The summed E-state index contributed by atoms with van der Waals surface area (Å²) in [4.78, 5) is 23.1. The lowest BCUT2D eigenvalue weighted by atomic mass is 10.1. The molecule has 0 aliphatic carbocycles. The summed E-state index contributed by atoms with van der Waals surface area (Å²) in [5.41, 5.74) is 1.06. The van der Waals surface area contributed by atoms with Crippen LogP contribution in [0, 0.1) is 6.92 Å². The fourth-order valence-corrected chi connectivity index (χ4v) is 3.58. The number of aliphatic imine (C=N–C) groups is 1. The molecular weight excluding hydrogens is 507 g/mol. The fourth-order valence-electron chi connectivity index (χ4n) is 3.58. The van der Waals surface area contributed by atoms with E-state index in [1.165, 1.54) is 19.3 Å². The van der Waals surface area contributed by atoms with E-state index in [1.54, 1.807) is 25.6 Å². The van der Waals surface area contributed by atoms with E-state index in [9.17, 15) is 4.79 Å². The molecule has 8 nitrogen and oxygen atoms in total. The zero-order chi connectivity index (χ0) is 21.2. The number of hydrogen-bond donors (Lipinski definition) is 3. The zero-order valence-corrected chi connectivity index (χ0v) is 20.6. The molecule has 1 aliphatic heterocycles. The molecule has 0 radical (unpaired) electrons. The van der Waals surface area contributed by atoms with E-state index in [1.807, 2.05) is 25.1 Å². The van der Waals surface area contributed by atoms with E-state index in [0.717, 1.165) is 24.4 Å². The Bertz CT molecular complexity index is 804. The summed E-state index contributed by atoms with van der Waals surface area (Å²) in [6.07, 6.45) is 7.50. The predicted octanol–water partition coefficient (Wildman–Crippen LogP) is 3.32. The van der Waals surface area contributed by atoms with Crippen molar-refractivity contribution in [1.29, 1.82) is 0 Å². The Kier molecular flexibility index (Phi) is 10.8. The number of nitrogens with zero attached hydrogens (tertiary/aromatic N) is 3. The second-order valence-corrected chi connectivity index (χ2v) is 7.53. The number of carbonyl (C=O) groups excluding carboxylic acids is 1. The Morgan fingerprint density at radius 1 is 1.23 bits per heavy atom. The summed E-state index contributed by atoms with van der Waals surface area (Å²) in [6, 6.07) is 7.84. The number of carbonyl (C=O) groups is 1. The Labute approximate surface area is 201 Å². The highest BCUT2D eigenvalue weighted by Crippen LogP contribution is 2.24. The van der Waals surface area contributed by atoms with Crippen LogP contribution >= 0.6 is 24.0 Å². The van der Waals surface area contributed by atoms with Gasteiger partial charge in [0.1, 0.15) is 11.6 Å². The van der Waals surface area contributed by atoms with Crippen LogP contribution in [0.4, 0.5) is 5.82 Å². The van der Waals surface area contributed by atoms with Crippen LogP contribution in [0.3, 0.4) is 0 Å². The smallest absolute Gasteiger partial charge is 0.227 e. The van der Waals surface area contributed by atoms with Gasteiger partial charge in [-0.25, -0.2) is 4.98 Å². The lowest BCUT2D eigenvalue weighted by Gasteiger charge is -2.33. The van der Waals surface area contributed by atoms with Gasteiger partial charge in [0.05, 0.1) is 12.3 Å². The Morgan fingerprint density at radius 2 is 2.03 bits per heavy atom. The van der Waals surface area contributed by atoms with Gasteiger partial charge in [0, 0.05) is 32.8 Å². The van der Waals surface area contributed by atoms with Crippen LogP contribution in [0.1, 0.15) is 43.0 Å². The lowest BCUT2D eigenvalue weighted by molar-refractivity contribution is -0.116. The second kappa shape index (κ2) is 13.3. The molecular formula is C22H33IN6O2. The van der Waals surface area contributed by atoms with Gasteiger partial charge in [0.15, 0.2) is 5.96 Å². The molecule has 9 heteroatoms. The van der Waals surface area contributed by atoms with Crippen molar-refractivity contribution in [1.82, 2.24) is 20.5 Å². The van der Waals surface area contributed by atoms with Crippen molar-refractivity contribution in [3.05, 3.63) is 48.0 Å². The highest BCUT2D eigenvalue weighted by molar-refractivity contribution is 14.0. The van der Waals surface area contributed by atoms with Gasteiger partial charge < -0.3 is 20.4 Å². The molecule has 170 valence electrons. The number of rotatable bonds is 8. The maximum Gasteiger partial charge on any atom is 0.227 e. The van der Waals surface area contributed by atoms with Crippen LogP contribution in [-0.2, 0) is 4.79 Å². The zero-order valence-electron chi connectivity index (χ0n) is 18.3. The molecule has 1 unspecified atom stereocenters. The minimum absolute atomic E-state index is 0. The molecule has 0 spiro atoms. The normalized spacial score (nSPS) is 15.6. The second-order valence-electron chi connectivity index (χ2n) is 7.53. The molecule has 0 bridgehead atoms. The number of hydrogen-bond acceptors (Lipinski definition) is 5. The first-order valence-electron chi connectivity index (χ1n) is 10.6. The van der Waals surface area contributed by atoms with Crippen LogP contribution in [0.25, 0.3) is 0 Å². The van der Waals surface area contributed by atoms with Gasteiger partial charge in [-0.2, -0.15) is 0 Å². The minimum Gasteiger partial charge on any atom is -0.468 e. The van der Waals surface area contributed by atoms with Gasteiger partial charge in [-0.05, 0) is 56.6 Å². The van der Waals surface area contributed by atoms with Crippen LogP contribution < -0.4 is 16.0 Å². The summed E-state index contributed by atoms with van der Waals surface area (Å²) in [6.45, 7) is 5.28. The maximum atomic E-state index is 12.1. The van der Waals surface area contributed by atoms with Crippen molar-refractivity contribution < 1.29 is 9.21 Å². The first-order chi connectivity index (χ1) is 14.7. The molecule has 3 rings (SSSR count). The summed E-state index contributed by atoms with van der Waals surface area (Å²) >= 11 is 0. The van der Waals surface area contributed by atoms with Crippen LogP contribution in [0.15, 0.2) is 46.1 Å². The monoisotopic (exact) mass is 540 g/mol. The average Bonchev–Trinajstić information content (AvgIpc) is 3.29. The van der Waals surface area contributed by atoms with Gasteiger partial charge >= 0.3 is 0 Å². The molecule has 1 amide bonds. The number of anilines is 1. The number of furan rings is 1. The van der Waals surface area contributed by atoms with E-state index >= 15 is 0 Å². The molecule has 0 saturated carbocycles. The number of likely N-dealkylation sites (tertiary alicyclic amines) is 1. The van der Waals surface area contributed by atoms with Gasteiger partial charge in [0.25, 0.3) is 0 Å². The summed E-state index contributed by atoms with van der Waals surface area (Å²) in [5.74, 6) is 2.11.